The number of nitrogens with one attached hydrogen (secondary N) is 1. The number of aromatic amines is 1. The number of nitrogens with two attached hydrogens (primary N) is 1. The molecule has 33 heavy (non-hydrogen) atoms. The van der Waals surface area contributed by atoms with Gasteiger partial charge in [0.15, 0.2) is 11.5 Å². The Morgan fingerprint density at radius 1 is 0.909 bits per heavy atom. The molecule has 6 rings (SSSR count). The first-order chi connectivity index (χ1) is 16.2. The third-order valence-corrected chi connectivity index (χ3v) is 5.95. The second-order valence-corrected chi connectivity index (χ2v) is 7.80. The Hall–Kier alpha value is -4.70. The largest absolute Gasteiger partial charge is 0.454 e. The second kappa shape index (κ2) is 7.46. The number of hydrogen-bond acceptors (Lipinski definition) is 6. The molecular weight excluding hydrogens is 416 g/mol. The Morgan fingerprint density at radius 2 is 1.64 bits per heavy atom. The summed E-state index contributed by atoms with van der Waals surface area (Å²) in [5, 5.41) is 17.3. The quantitative estimate of drug-likeness (QED) is 0.485. The summed E-state index contributed by atoms with van der Waals surface area (Å²) in [6.45, 7) is 0.192. The van der Waals surface area contributed by atoms with Crippen LogP contribution < -0.4 is 19.9 Å². The van der Waals surface area contributed by atoms with Crippen LogP contribution in [0.25, 0.3) is 22.4 Å². The van der Waals surface area contributed by atoms with E-state index in [1.54, 1.807) is 0 Å². The first-order valence-corrected chi connectivity index (χ1v) is 10.4. The third kappa shape index (κ3) is 3.08. The summed E-state index contributed by atoms with van der Waals surface area (Å²) in [4.78, 5) is 0. The number of H-pyrrole nitrogens is 1. The number of hydrogen-bond donors (Lipinski definition) is 2. The highest BCUT2D eigenvalue weighted by Crippen LogP contribution is 2.47. The van der Waals surface area contributed by atoms with Crippen LogP contribution in [0.5, 0.6) is 17.4 Å². The Bertz CT molecular complexity index is 1430. The average molecular weight is 434 g/mol. The molecule has 0 fully saturated rings. The van der Waals surface area contributed by atoms with Gasteiger partial charge in [0.1, 0.15) is 11.6 Å². The Balaban J connectivity index is 1.47. The van der Waals surface area contributed by atoms with Gasteiger partial charge in [0.25, 0.3) is 0 Å². The highest BCUT2D eigenvalue weighted by Gasteiger charge is 2.35. The summed E-state index contributed by atoms with van der Waals surface area (Å²) in [5.74, 6) is 1.34. The van der Waals surface area contributed by atoms with Crippen LogP contribution in [0.3, 0.4) is 0 Å². The van der Waals surface area contributed by atoms with E-state index in [1.165, 1.54) is 0 Å². The van der Waals surface area contributed by atoms with Crippen molar-refractivity contribution in [2.24, 2.45) is 5.73 Å². The first kappa shape index (κ1) is 19.0. The Kier molecular flexibility index (Phi) is 4.30. The fraction of sp³-hybridized carbons (Fsp3) is 0.0769. The number of nitriles is 1. The molecule has 0 saturated carbocycles. The molecule has 7 nitrogen and oxygen atoms in total. The van der Waals surface area contributed by atoms with Crippen molar-refractivity contribution >= 4 is 0 Å². The van der Waals surface area contributed by atoms with Crippen molar-refractivity contribution in [1.82, 2.24) is 10.2 Å². The maximum absolute atomic E-state index is 9.94. The molecule has 3 heterocycles. The highest BCUT2D eigenvalue weighted by molar-refractivity contribution is 5.73. The number of allylic oxidation sites excluding steroid dienone is 1. The third-order valence-electron chi connectivity index (χ3n) is 5.95. The molecule has 7 heteroatoms. The summed E-state index contributed by atoms with van der Waals surface area (Å²) < 4.78 is 16.7. The lowest BCUT2D eigenvalue weighted by molar-refractivity contribution is 0.174. The van der Waals surface area contributed by atoms with E-state index in [9.17, 15) is 5.26 Å². The summed E-state index contributed by atoms with van der Waals surface area (Å²) in [5.41, 5.74) is 11.9. The van der Waals surface area contributed by atoms with Crippen LogP contribution in [0.2, 0.25) is 0 Å². The molecule has 1 aromatic heterocycles. The van der Waals surface area contributed by atoms with Crippen molar-refractivity contribution < 1.29 is 14.2 Å². The zero-order valence-electron chi connectivity index (χ0n) is 17.4. The molecule has 0 amide bonds. The van der Waals surface area contributed by atoms with Gasteiger partial charge in [-0.05, 0) is 34.9 Å². The van der Waals surface area contributed by atoms with Gasteiger partial charge in [-0.2, -0.15) is 5.26 Å². The summed E-state index contributed by atoms with van der Waals surface area (Å²) >= 11 is 0. The lowest BCUT2D eigenvalue weighted by Crippen LogP contribution is -2.21. The summed E-state index contributed by atoms with van der Waals surface area (Å²) in [6.07, 6.45) is 0. The van der Waals surface area contributed by atoms with Gasteiger partial charge in [0.05, 0.1) is 17.2 Å². The minimum Gasteiger partial charge on any atom is -0.454 e. The maximum Gasteiger partial charge on any atom is 0.244 e. The molecule has 3 aromatic carbocycles. The molecule has 0 bridgehead atoms. The predicted molar refractivity (Wildman–Crippen MR) is 121 cm³/mol. The molecule has 0 saturated heterocycles. The van der Waals surface area contributed by atoms with Crippen LogP contribution in [0.1, 0.15) is 17.0 Å². The molecule has 160 valence electrons. The lowest BCUT2D eigenvalue weighted by Gasteiger charge is -2.24. The van der Waals surface area contributed by atoms with Crippen molar-refractivity contribution in [2.75, 3.05) is 6.79 Å². The van der Waals surface area contributed by atoms with Crippen molar-refractivity contribution in [3.63, 3.8) is 0 Å². The van der Waals surface area contributed by atoms with E-state index in [2.05, 4.69) is 28.4 Å². The molecule has 3 N–H and O–H groups in total. The molecule has 2 aliphatic heterocycles. The van der Waals surface area contributed by atoms with Gasteiger partial charge in [-0.15, -0.1) is 5.10 Å². The molecular formula is C26H18N4O3. The van der Waals surface area contributed by atoms with Crippen LogP contribution >= 0.6 is 0 Å². The van der Waals surface area contributed by atoms with Crippen molar-refractivity contribution in [1.29, 1.82) is 5.26 Å². The SMILES string of the molecule is N#CC1=C(N)Oc2n[nH]c(-c3ccc4c(c3)OCO4)c2[C@@H]1c1ccc(-c2ccccc2)cc1. The van der Waals surface area contributed by atoms with Gasteiger partial charge < -0.3 is 19.9 Å². The molecule has 0 aliphatic carbocycles. The Morgan fingerprint density at radius 3 is 2.42 bits per heavy atom. The van der Waals surface area contributed by atoms with Gasteiger partial charge in [-0.25, -0.2) is 0 Å². The zero-order valence-corrected chi connectivity index (χ0v) is 17.4. The normalized spacial score (nSPS) is 16.2. The van der Waals surface area contributed by atoms with Crippen LogP contribution in [-0.4, -0.2) is 17.0 Å². The highest BCUT2D eigenvalue weighted by atomic mass is 16.7. The van der Waals surface area contributed by atoms with E-state index in [-0.39, 0.29) is 12.7 Å². The van der Waals surface area contributed by atoms with E-state index in [1.807, 2.05) is 60.7 Å². The Labute approximate surface area is 189 Å². The average Bonchev–Trinajstić information content (AvgIpc) is 3.50. The minimum atomic E-state index is -0.428. The van der Waals surface area contributed by atoms with E-state index in [0.29, 0.717) is 23.0 Å². The number of nitrogens with zero attached hydrogens (tertiary/aromatic N) is 2. The first-order valence-electron chi connectivity index (χ1n) is 10.4. The van der Waals surface area contributed by atoms with E-state index >= 15 is 0 Å². The van der Waals surface area contributed by atoms with Crippen molar-refractivity contribution in [2.45, 2.75) is 5.92 Å². The number of rotatable bonds is 3. The zero-order chi connectivity index (χ0) is 22.4. The number of benzene rings is 3. The van der Waals surface area contributed by atoms with Gasteiger partial charge in [0.2, 0.25) is 18.6 Å². The molecule has 1 atom stereocenters. The minimum absolute atomic E-state index is 0.0610. The fourth-order valence-corrected chi connectivity index (χ4v) is 4.35. The molecule has 4 aromatic rings. The number of fused-ring (bicyclic) bond motifs is 2. The van der Waals surface area contributed by atoms with Crippen LogP contribution in [0, 0.1) is 11.3 Å². The smallest absolute Gasteiger partial charge is 0.244 e. The standard InChI is InChI=1S/C26H18N4O3/c27-13-19-22(17-8-6-16(7-9-17)15-4-2-1-3-5-15)23-24(29-30-26(23)33-25(19)28)18-10-11-20-21(12-18)32-14-31-20/h1-12,22H,14,28H2,(H,29,30)/t22-/m1/s1. The summed E-state index contributed by atoms with van der Waals surface area (Å²) in [7, 11) is 0. The fourth-order valence-electron chi connectivity index (χ4n) is 4.35. The summed E-state index contributed by atoms with van der Waals surface area (Å²) in [6, 6.07) is 26.2. The predicted octanol–water partition coefficient (Wildman–Crippen LogP) is 4.69. The van der Waals surface area contributed by atoms with E-state index < -0.39 is 5.92 Å². The second-order valence-electron chi connectivity index (χ2n) is 7.80. The van der Waals surface area contributed by atoms with Gasteiger partial charge >= 0.3 is 0 Å². The van der Waals surface area contributed by atoms with Crippen LogP contribution in [-0.2, 0) is 0 Å². The lowest BCUT2D eigenvalue weighted by atomic mass is 9.82. The maximum atomic E-state index is 9.94. The number of ether oxygens (including phenoxy) is 3. The van der Waals surface area contributed by atoms with Gasteiger partial charge in [0, 0.05) is 5.56 Å². The van der Waals surface area contributed by atoms with Crippen LogP contribution in [0.15, 0.2) is 84.3 Å². The monoisotopic (exact) mass is 434 g/mol. The van der Waals surface area contributed by atoms with Gasteiger partial charge in [-0.1, -0.05) is 54.6 Å². The molecule has 2 aliphatic rings. The van der Waals surface area contributed by atoms with Gasteiger partial charge in [-0.3, -0.25) is 5.10 Å². The number of aromatic nitrogens is 2. The molecule has 0 unspecified atom stereocenters. The van der Waals surface area contributed by atoms with E-state index in [4.69, 9.17) is 19.9 Å². The topological polar surface area (TPSA) is 106 Å². The molecule has 0 radical (unpaired) electrons. The van der Waals surface area contributed by atoms with Crippen LogP contribution in [0.4, 0.5) is 0 Å². The van der Waals surface area contributed by atoms with Crippen molar-refractivity contribution in [3.05, 3.63) is 95.4 Å². The molecule has 0 spiro atoms. The van der Waals surface area contributed by atoms with Crippen molar-refractivity contribution in [3.8, 4) is 45.8 Å². The van der Waals surface area contributed by atoms with E-state index in [0.717, 1.165) is 33.5 Å².